The highest BCUT2D eigenvalue weighted by Gasteiger charge is 2.22. The van der Waals surface area contributed by atoms with Crippen molar-refractivity contribution in [3.63, 3.8) is 0 Å². The monoisotopic (exact) mass is 358 g/mol. The number of benzene rings is 2. The summed E-state index contributed by atoms with van der Waals surface area (Å²) in [5, 5.41) is 0. The Labute approximate surface area is 148 Å². The highest BCUT2D eigenvalue weighted by Crippen LogP contribution is 2.25. The molecule has 2 aromatic carbocycles. The standard InChI is InChI=1S/C19H22N2O3S/c1-3-15-6-4-5-7-19(15)20-25(23,24)18-9-8-16-10-11-21(14(2)22)13-17(16)12-18/h4-9,12,20H,3,10-11,13H2,1-2H3. The van der Waals surface area contributed by atoms with E-state index in [-0.39, 0.29) is 10.8 Å². The molecule has 0 saturated carbocycles. The largest absolute Gasteiger partial charge is 0.338 e. The van der Waals surface area contributed by atoms with Gasteiger partial charge in [-0.2, -0.15) is 0 Å². The van der Waals surface area contributed by atoms with Gasteiger partial charge in [0.1, 0.15) is 0 Å². The second kappa shape index (κ2) is 6.88. The van der Waals surface area contributed by atoms with Gasteiger partial charge in [-0.15, -0.1) is 0 Å². The highest BCUT2D eigenvalue weighted by atomic mass is 32.2. The number of nitrogens with zero attached hydrogens (tertiary/aromatic N) is 1. The first-order valence-corrected chi connectivity index (χ1v) is 9.87. The number of para-hydroxylation sites is 1. The molecule has 1 aliphatic rings. The lowest BCUT2D eigenvalue weighted by Crippen LogP contribution is -2.34. The van der Waals surface area contributed by atoms with Crippen molar-refractivity contribution in [1.29, 1.82) is 0 Å². The number of rotatable bonds is 4. The number of carbonyl (C=O) groups is 1. The molecule has 0 radical (unpaired) electrons. The zero-order valence-corrected chi connectivity index (χ0v) is 15.3. The highest BCUT2D eigenvalue weighted by molar-refractivity contribution is 7.92. The van der Waals surface area contributed by atoms with Crippen molar-refractivity contribution in [2.75, 3.05) is 11.3 Å². The number of nitrogens with one attached hydrogen (secondary N) is 1. The molecule has 0 unspecified atom stereocenters. The lowest BCUT2D eigenvalue weighted by molar-refractivity contribution is -0.129. The normalized spacial score (nSPS) is 14.1. The van der Waals surface area contributed by atoms with Crippen LogP contribution in [-0.2, 0) is 34.2 Å². The average Bonchev–Trinajstić information content (AvgIpc) is 2.60. The summed E-state index contributed by atoms with van der Waals surface area (Å²) in [6.07, 6.45) is 1.50. The Bertz CT molecular complexity index is 907. The van der Waals surface area contributed by atoms with Gasteiger partial charge in [0.25, 0.3) is 10.0 Å². The third-order valence-electron chi connectivity index (χ3n) is 4.59. The second-order valence-electron chi connectivity index (χ2n) is 6.24. The SMILES string of the molecule is CCc1ccccc1NS(=O)(=O)c1ccc2c(c1)CN(C(C)=O)CC2. The van der Waals surface area contributed by atoms with Gasteiger partial charge < -0.3 is 4.90 Å². The molecule has 25 heavy (non-hydrogen) atoms. The van der Waals surface area contributed by atoms with Gasteiger partial charge in [-0.25, -0.2) is 8.42 Å². The number of amides is 1. The van der Waals surface area contributed by atoms with E-state index in [1.54, 1.807) is 23.1 Å². The summed E-state index contributed by atoms with van der Waals surface area (Å²) < 4.78 is 28.2. The molecule has 0 bridgehead atoms. The molecule has 0 atom stereocenters. The average molecular weight is 358 g/mol. The molecule has 3 rings (SSSR count). The van der Waals surface area contributed by atoms with Gasteiger partial charge in [0.05, 0.1) is 10.6 Å². The van der Waals surface area contributed by atoms with E-state index in [0.29, 0.717) is 18.8 Å². The molecule has 132 valence electrons. The molecule has 0 aliphatic carbocycles. The maximum Gasteiger partial charge on any atom is 0.261 e. The van der Waals surface area contributed by atoms with Gasteiger partial charge in [-0.1, -0.05) is 31.2 Å². The lowest BCUT2D eigenvalue weighted by Gasteiger charge is -2.28. The third kappa shape index (κ3) is 3.69. The number of anilines is 1. The molecular weight excluding hydrogens is 336 g/mol. The zero-order valence-electron chi connectivity index (χ0n) is 14.5. The fourth-order valence-electron chi connectivity index (χ4n) is 3.10. The van der Waals surface area contributed by atoms with Crippen LogP contribution in [0.4, 0.5) is 5.69 Å². The zero-order chi connectivity index (χ0) is 18.0. The topological polar surface area (TPSA) is 66.5 Å². The summed E-state index contributed by atoms with van der Waals surface area (Å²) in [6, 6.07) is 12.6. The molecule has 2 aromatic rings. The van der Waals surface area contributed by atoms with Gasteiger partial charge in [-0.3, -0.25) is 9.52 Å². The van der Waals surface area contributed by atoms with E-state index < -0.39 is 10.0 Å². The van der Waals surface area contributed by atoms with Crippen molar-refractivity contribution in [2.24, 2.45) is 0 Å². The fraction of sp³-hybridized carbons (Fsp3) is 0.316. The smallest absolute Gasteiger partial charge is 0.261 e. The quantitative estimate of drug-likeness (QED) is 0.914. The molecule has 0 aromatic heterocycles. The Kier molecular flexibility index (Phi) is 4.81. The Morgan fingerprint density at radius 1 is 1.16 bits per heavy atom. The molecule has 0 fully saturated rings. The van der Waals surface area contributed by atoms with E-state index in [1.165, 1.54) is 6.92 Å². The van der Waals surface area contributed by atoms with E-state index in [1.807, 2.05) is 31.2 Å². The van der Waals surface area contributed by atoms with Gasteiger partial charge in [0, 0.05) is 20.0 Å². The van der Waals surface area contributed by atoms with Crippen LogP contribution in [0.15, 0.2) is 47.4 Å². The van der Waals surface area contributed by atoms with E-state index in [4.69, 9.17) is 0 Å². The van der Waals surface area contributed by atoms with E-state index >= 15 is 0 Å². The van der Waals surface area contributed by atoms with Crippen LogP contribution in [0.3, 0.4) is 0 Å². The van der Waals surface area contributed by atoms with Gasteiger partial charge in [0.15, 0.2) is 0 Å². The summed E-state index contributed by atoms with van der Waals surface area (Å²) in [7, 11) is -3.67. The summed E-state index contributed by atoms with van der Waals surface area (Å²) in [5.41, 5.74) is 3.55. The van der Waals surface area contributed by atoms with Crippen molar-refractivity contribution < 1.29 is 13.2 Å². The number of carbonyl (C=O) groups excluding carboxylic acids is 1. The van der Waals surface area contributed by atoms with Crippen molar-refractivity contribution in [3.05, 3.63) is 59.2 Å². The molecule has 0 saturated heterocycles. The predicted molar refractivity (Wildman–Crippen MR) is 97.9 cm³/mol. The van der Waals surface area contributed by atoms with E-state index in [9.17, 15) is 13.2 Å². The second-order valence-corrected chi connectivity index (χ2v) is 7.92. The van der Waals surface area contributed by atoms with Crippen LogP contribution in [0.5, 0.6) is 0 Å². The molecule has 1 aliphatic heterocycles. The molecule has 5 nitrogen and oxygen atoms in total. The van der Waals surface area contributed by atoms with Crippen molar-refractivity contribution in [2.45, 2.75) is 38.1 Å². The number of fused-ring (bicyclic) bond motifs is 1. The Morgan fingerprint density at radius 3 is 2.64 bits per heavy atom. The van der Waals surface area contributed by atoms with Crippen LogP contribution in [0, 0.1) is 0 Å². The van der Waals surface area contributed by atoms with Crippen LogP contribution < -0.4 is 4.72 Å². The minimum atomic E-state index is -3.67. The molecule has 0 spiro atoms. The molecule has 1 heterocycles. The molecule has 1 amide bonds. The summed E-state index contributed by atoms with van der Waals surface area (Å²) in [5.74, 6) is 0.00825. The van der Waals surface area contributed by atoms with E-state index in [0.717, 1.165) is 29.5 Å². The van der Waals surface area contributed by atoms with Crippen LogP contribution in [-0.4, -0.2) is 25.8 Å². The predicted octanol–water partition coefficient (Wildman–Crippen LogP) is 2.95. The van der Waals surface area contributed by atoms with Crippen molar-refractivity contribution >= 4 is 21.6 Å². The summed E-state index contributed by atoms with van der Waals surface area (Å²) >= 11 is 0. The first-order chi connectivity index (χ1) is 11.9. The summed E-state index contributed by atoms with van der Waals surface area (Å²) in [4.78, 5) is 13.6. The molecular formula is C19H22N2O3S. The lowest BCUT2D eigenvalue weighted by atomic mass is 10.00. The van der Waals surface area contributed by atoms with Gasteiger partial charge in [-0.05, 0) is 47.7 Å². The first kappa shape index (κ1) is 17.5. The summed E-state index contributed by atoms with van der Waals surface area (Å²) in [6.45, 7) is 4.66. The van der Waals surface area contributed by atoms with E-state index in [2.05, 4.69) is 4.72 Å². The van der Waals surface area contributed by atoms with Crippen molar-refractivity contribution in [3.8, 4) is 0 Å². The third-order valence-corrected chi connectivity index (χ3v) is 5.95. The maximum atomic E-state index is 12.8. The van der Waals surface area contributed by atoms with Gasteiger partial charge in [0.2, 0.25) is 5.91 Å². The van der Waals surface area contributed by atoms with Crippen molar-refractivity contribution in [1.82, 2.24) is 4.90 Å². The maximum absolute atomic E-state index is 12.8. The number of sulfonamides is 1. The van der Waals surface area contributed by atoms with Crippen LogP contribution in [0.2, 0.25) is 0 Å². The minimum absolute atomic E-state index is 0.00825. The Balaban J connectivity index is 1.91. The number of hydrogen-bond donors (Lipinski definition) is 1. The Morgan fingerprint density at radius 2 is 1.92 bits per heavy atom. The van der Waals surface area contributed by atoms with Crippen LogP contribution >= 0.6 is 0 Å². The fourth-order valence-corrected chi connectivity index (χ4v) is 4.25. The molecule has 1 N–H and O–H groups in total. The Hall–Kier alpha value is -2.34. The minimum Gasteiger partial charge on any atom is -0.338 e. The first-order valence-electron chi connectivity index (χ1n) is 8.38. The number of hydrogen-bond acceptors (Lipinski definition) is 3. The van der Waals surface area contributed by atoms with Crippen LogP contribution in [0.25, 0.3) is 0 Å². The number of aryl methyl sites for hydroxylation is 1. The van der Waals surface area contributed by atoms with Crippen LogP contribution in [0.1, 0.15) is 30.5 Å². The van der Waals surface area contributed by atoms with Gasteiger partial charge >= 0.3 is 0 Å². The molecule has 6 heteroatoms.